The number of benzene rings is 2. The Morgan fingerprint density at radius 1 is 1.15 bits per heavy atom. The largest absolute Gasteiger partial charge is 0.508 e. The van der Waals surface area contributed by atoms with Crippen LogP contribution in [0.15, 0.2) is 36.5 Å². The number of hydrogen-bond donors (Lipinski definition) is 1. The highest BCUT2D eigenvalue weighted by atomic mass is 35.5. The Bertz CT molecular complexity index is 1900. The van der Waals surface area contributed by atoms with Crippen LogP contribution in [0.2, 0.25) is 5.02 Å². The number of carbonyl (C=O) groups excluding carboxylic acids is 1. The third-order valence-electron chi connectivity index (χ3n) is 10.1. The molecule has 7 rings (SSSR count). The highest BCUT2D eigenvalue weighted by Crippen LogP contribution is 2.42. The molecule has 2 aromatic heterocycles. The summed E-state index contributed by atoms with van der Waals surface area (Å²) in [5, 5.41) is 12.2. The lowest BCUT2D eigenvalue weighted by atomic mass is 9.95. The van der Waals surface area contributed by atoms with Crippen LogP contribution in [0.25, 0.3) is 32.9 Å². The Balaban J connectivity index is 1.35. The van der Waals surface area contributed by atoms with Gasteiger partial charge in [-0.3, -0.25) is 14.7 Å². The van der Waals surface area contributed by atoms with E-state index in [-0.39, 0.29) is 64.8 Å². The number of hydrogen-bond acceptors (Lipinski definition) is 8. The summed E-state index contributed by atoms with van der Waals surface area (Å²) in [6.45, 7) is 5.59. The first-order valence-corrected chi connectivity index (χ1v) is 16.6. The van der Waals surface area contributed by atoms with Gasteiger partial charge >= 0.3 is 18.1 Å². The number of carbonyl (C=O) groups is 1. The van der Waals surface area contributed by atoms with E-state index >= 15 is 4.39 Å². The van der Waals surface area contributed by atoms with Gasteiger partial charge in [0.2, 0.25) is 0 Å². The van der Waals surface area contributed by atoms with Crippen molar-refractivity contribution in [2.24, 2.45) is 0 Å². The van der Waals surface area contributed by atoms with Crippen LogP contribution >= 0.6 is 11.6 Å². The van der Waals surface area contributed by atoms with Gasteiger partial charge in [-0.2, -0.15) is 23.1 Å². The first-order chi connectivity index (χ1) is 22.9. The molecule has 3 fully saturated rings. The molecule has 2 unspecified atom stereocenters. The van der Waals surface area contributed by atoms with Gasteiger partial charge in [-0.1, -0.05) is 30.7 Å². The third kappa shape index (κ3) is 5.54. The molecule has 4 aromatic rings. The fraction of sp³-hybridized carbons (Fsp3) is 0.471. The zero-order valence-electron chi connectivity index (χ0n) is 26.5. The maximum atomic E-state index is 16.8. The van der Waals surface area contributed by atoms with Crippen LogP contribution in [0.5, 0.6) is 11.8 Å². The number of aromatic nitrogens is 3. The van der Waals surface area contributed by atoms with Crippen molar-refractivity contribution in [1.82, 2.24) is 24.8 Å². The van der Waals surface area contributed by atoms with Gasteiger partial charge in [0.15, 0.2) is 5.82 Å². The van der Waals surface area contributed by atoms with E-state index < -0.39 is 30.0 Å². The minimum Gasteiger partial charge on any atom is -0.508 e. The molecule has 2 atom stereocenters. The van der Waals surface area contributed by atoms with E-state index in [0.29, 0.717) is 22.4 Å². The number of aromatic hydroxyl groups is 1. The lowest BCUT2D eigenvalue weighted by Gasteiger charge is -2.46. The molecule has 0 bridgehead atoms. The number of fused-ring (bicyclic) bond motifs is 3. The Hall–Kier alpha value is -3.97. The molecule has 5 heterocycles. The van der Waals surface area contributed by atoms with Gasteiger partial charge in [-0.15, -0.1) is 0 Å². The summed E-state index contributed by atoms with van der Waals surface area (Å²) in [4.78, 5) is 31.2. The molecule has 254 valence electrons. The Morgan fingerprint density at radius 3 is 2.60 bits per heavy atom. The quantitative estimate of drug-likeness (QED) is 0.223. The summed E-state index contributed by atoms with van der Waals surface area (Å²) >= 11 is 6.55. The number of phenols is 1. The second-order valence-electron chi connectivity index (χ2n) is 13.1. The van der Waals surface area contributed by atoms with Crippen molar-refractivity contribution in [3.8, 4) is 23.0 Å². The van der Waals surface area contributed by atoms with Crippen molar-refractivity contribution in [1.29, 1.82) is 0 Å². The monoisotopic (exact) mass is 686 g/mol. The van der Waals surface area contributed by atoms with Crippen molar-refractivity contribution in [3.05, 3.63) is 47.4 Å². The number of anilines is 1. The number of halogens is 5. The van der Waals surface area contributed by atoms with Crippen LogP contribution in [0.3, 0.4) is 0 Å². The minimum absolute atomic E-state index is 0.0117. The first-order valence-electron chi connectivity index (χ1n) is 16.2. The zero-order valence-corrected chi connectivity index (χ0v) is 27.3. The molecule has 0 saturated carbocycles. The molecule has 0 spiro atoms. The minimum atomic E-state index is -5.01. The number of alkyl halides is 3. The summed E-state index contributed by atoms with van der Waals surface area (Å²) in [7, 11) is 0. The van der Waals surface area contributed by atoms with Crippen LogP contribution in [-0.2, 0) is 4.79 Å². The van der Waals surface area contributed by atoms with E-state index in [1.807, 2.05) is 0 Å². The predicted molar refractivity (Wildman–Crippen MR) is 174 cm³/mol. The zero-order chi connectivity index (χ0) is 34.0. The number of amides is 1. The Labute approximate surface area is 279 Å². The van der Waals surface area contributed by atoms with Crippen molar-refractivity contribution in [3.63, 3.8) is 0 Å². The molecule has 1 N–H and O–H groups in total. The predicted octanol–water partition coefficient (Wildman–Crippen LogP) is 6.73. The first kappa shape index (κ1) is 32.6. The molecule has 1 amide bonds. The van der Waals surface area contributed by atoms with Gasteiger partial charge in [-0.05, 0) is 75.7 Å². The van der Waals surface area contributed by atoms with E-state index in [9.17, 15) is 23.1 Å². The standard InChI is InChI=1S/C34H35ClF4N6O3/c1-3-21-17-43(16-19(2)45(21)31(47)34(37,38)39)30-24-15-40-28(23-14-22(46)13-20-7-4-8-25(35)26(20)23)27(36)29(24)41-32(42-30)48-18-33-9-5-11-44(33)12-6-10-33/h4,7-8,13-15,19,21,46H,3,5-6,9-12,16-18H2,1-2H3. The highest BCUT2D eigenvalue weighted by molar-refractivity contribution is 6.36. The molecule has 3 aliphatic rings. The van der Waals surface area contributed by atoms with Crippen molar-refractivity contribution in [2.45, 2.75) is 69.8 Å². The van der Waals surface area contributed by atoms with Crippen LogP contribution in [0, 0.1) is 5.82 Å². The molecule has 2 aromatic carbocycles. The smallest absolute Gasteiger partial charge is 0.471 e. The second kappa shape index (κ2) is 12.2. The normalized spacial score (nSPS) is 21.3. The molecular formula is C34H35ClF4N6O3. The fourth-order valence-corrected chi connectivity index (χ4v) is 8.21. The number of pyridine rings is 1. The van der Waals surface area contributed by atoms with Gasteiger partial charge in [0, 0.05) is 47.3 Å². The summed E-state index contributed by atoms with van der Waals surface area (Å²) in [5.41, 5.74) is -0.0691. The Morgan fingerprint density at radius 2 is 1.90 bits per heavy atom. The van der Waals surface area contributed by atoms with Gasteiger partial charge in [0.25, 0.3) is 0 Å². The number of nitrogens with zero attached hydrogens (tertiary/aromatic N) is 6. The van der Waals surface area contributed by atoms with E-state index in [4.69, 9.17) is 21.3 Å². The van der Waals surface area contributed by atoms with Crippen molar-refractivity contribution in [2.75, 3.05) is 37.7 Å². The number of phenolic OH excluding ortho intramolecular Hbond substituents is 1. The lowest BCUT2D eigenvalue weighted by Crippen LogP contribution is -2.62. The molecule has 14 heteroatoms. The van der Waals surface area contributed by atoms with Gasteiger partial charge in [0.1, 0.15) is 29.4 Å². The molecule has 0 aliphatic carbocycles. The third-order valence-corrected chi connectivity index (χ3v) is 10.4. The van der Waals surface area contributed by atoms with E-state index in [2.05, 4.69) is 14.9 Å². The van der Waals surface area contributed by atoms with E-state index in [1.54, 1.807) is 36.9 Å². The SMILES string of the molecule is CCC1CN(c2nc(OCC34CCCN3CCC4)nc3c(F)c(-c4cc(O)cc5cccc(Cl)c45)ncc23)CC(C)N1C(=O)C(F)(F)F. The van der Waals surface area contributed by atoms with Crippen LogP contribution in [0.4, 0.5) is 23.4 Å². The van der Waals surface area contributed by atoms with Crippen molar-refractivity contribution < 1.29 is 32.2 Å². The van der Waals surface area contributed by atoms with Gasteiger partial charge < -0.3 is 19.6 Å². The molecule has 0 radical (unpaired) electrons. The van der Waals surface area contributed by atoms with Crippen LogP contribution < -0.4 is 9.64 Å². The van der Waals surface area contributed by atoms with Crippen molar-refractivity contribution >= 4 is 45.0 Å². The average Bonchev–Trinajstić information content (AvgIpc) is 3.63. The lowest BCUT2D eigenvalue weighted by molar-refractivity contribution is -0.190. The number of rotatable bonds is 6. The van der Waals surface area contributed by atoms with Crippen LogP contribution in [0.1, 0.15) is 46.0 Å². The van der Waals surface area contributed by atoms with Gasteiger partial charge in [-0.25, -0.2) is 4.39 Å². The maximum absolute atomic E-state index is 16.8. The number of piperazine rings is 1. The van der Waals surface area contributed by atoms with Gasteiger partial charge in [0.05, 0.1) is 10.9 Å². The average molecular weight is 687 g/mol. The molecule has 3 saturated heterocycles. The molecule has 3 aliphatic heterocycles. The van der Waals surface area contributed by atoms with E-state index in [1.165, 1.54) is 18.3 Å². The summed E-state index contributed by atoms with van der Waals surface area (Å²) in [5.74, 6) is -2.52. The topological polar surface area (TPSA) is 94.9 Å². The second-order valence-corrected chi connectivity index (χ2v) is 13.5. The molecule has 48 heavy (non-hydrogen) atoms. The van der Waals surface area contributed by atoms with Crippen LogP contribution in [-0.4, -0.2) is 92.4 Å². The fourth-order valence-electron chi connectivity index (χ4n) is 7.92. The molecule has 9 nitrogen and oxygen atoms in total. The summed E-state index contributed by atoms with van der Waals surface area (Å²) in [6.07, 6.45) is 0.701. The summed E-state index contributed by atoms with van der Waals surface area (Å²) < 4.78 is 63.7. The van der Waals surface area contributed by atoms with E-state index in [0.717, 1.165) is 43.7 Å². The highest BCUT2D eigenvalue weighted by Gasteiger charge is 2.48. The summed E-state index contributed by atoms with van der Waals surface area (Å²) in [6, 6.07) is 6.40. The maximum Gasteiger partial charge on any atom is 0.471 e. The number of ether oxygens (including phenoxy) is 1. The Kier molecular flexibility index (Phi) is 8.26. The molecular weight excluding hydrogens is 652 g/mol.